The average Bonchev–Trinajstić information content (AvgIpc) is 4.08. The van der Waals surface area contributed by atoms with E-state index in [1.807, 2.05) is 73.1 Å². The quantitative estimate of drug-likeness (QED) is 0.0388. The monoisotopic (exact) mass is 863 g/mol. The molecule has 0 bridgehead atoms. The molecule has 0 aliphatic heterocycles. The number of pyridine rings is 5. The van der Waals surface area contributed by atoms with Gasteiger partial charge in [0, 0.05) is 80.6 Å². The molecule has 17 nitrogen and oxygen atoms in total. The summed E-state index contributed by atoms with van der Waals surface area (Å²) >= 11 is 5.56. The maximum absolute atomic E-state index is 11.3. The molecule has 0 spiro atoms. The lowest BCUT2D eigenvalue weighted by atomic mass is 9.81. The van der Waals surface area contributed by atoms with E-state index in [4.69, 9.17) is 38.2 Å². The molecule has 1 aromatic carbocycles. The highest BCUT2D eigenvalue weighted by atomic mass is 35.5. The summed E-state index contributed by atoms with van der Waals surface area (Å²) in [4.78, 5) is 60.9. The maximum Gasteiger partial charge on any atom is 0.490 e. The second-order valence-corrected chi connectivity index (χ2v) is 13.3. The molecule has 8 heterocycles. The highest BCUT2D eigenvalue weighted by Gasteiger charge is 2.12. The molecule has 63 heavy (non-hydrogen) atoms. The Hall–Kier alpha value is -8.45. The Bertz CT molecular complexity index is 2990. The van der Waals surface area contributed by atoms with Crippen molar-refractivity contribution in [3.05, 3.63) is 165 Å². The first-order valence-corrected chi connectivity index (χ1v) is 18.9. The van der Waals surface area contributed by atoms with Crippen LogP contribution in [0.2, 0.25) is 5.02 Å². The van der Waals surface area contributed by atoms with Gasteiger partial charge in [-0.3, -0.25) is 9.59 Å². The second-order valence-electron chi connectivity index (χ2n) is 12.8. The number of hydrogen-bond acceptors (Lipinski definition) is 12. The van der Waals surface area contributed by atoms with E-state index in [1.165, 1.54) is 12.3 Å². The van der Waals surface area contributed by atoms with Gasteiger partial charge >= 0.3 is 13.1 Å². The standard InChI is InChI=1S/C15H12N4O.C12H10N4.C7H7BN2O2.C6H6ClN.C4H4O3/c1-2-14(20)19-13-5-3-4-12(18-13)11-8-10-6-7-16-15(10)17-9-11;13-11-3-1-2-10(16-11)9-6-8-4-5-14-12(8)15-7-9;11-8(12)6-3-5-1-2-9-7(5)10-4-6;7-5-2-1-3-6(8)4-5;1-2-3(5)4(6)7/h2-9H,1H2,(H,16,17)(H,18,19,20);1-7H,(H2,13,16)(H,14,15);1-4,11-12H,(H,9,10);1-4H,8H2;2H,1H2,(H,6,7). The van der Waals surface area contributed by atoms with Crippen LogP contribution >= 0.6 is 11.6 Å². The molecule has 9 aromatic rings. The van der Waals surface area contributed by atoms with Gasteiger partial charge in [-0.25, -0.2) is 29.7 Å². The Kier molecular flexibility index (Phi) is 16.1. The first-order valence-electron chi connectivity index (χ1n) is 18.5. The summed E-state index contributed by atoms with van der Waals surface area (Å²) in [5.74, 6) is -1.71. The summed E-state index contributed by atoms with van der Waals surface area (Å²) in [5.41, 5.74) is 18.1. The molecule has 1 amide bonds. The number of halogens is 1. The first-order chi connectivity index (χ1) is 30.3. The number of carbonyl (C=O) groups is 3. The lowest BCUT2D eigenvalue weighted by Gasteiger charge is -2.05. The van der Waals surface area contributed by atoms with Crippen molar-refractivity contribution in [3.63, 3.8) is 0 Å². The number of aromatic amines is 3. The van der Waals surface area contributed by atoms with Gasteiger partial charge in [0.2, 0.25) is 5.91 Å². The van der Waals surface area contributed by atoms with Crippen molar-refractivity contribution in [2.24, 2.45) is 0 Å². The smallest absolute Gasteiger partial charge is 0.475 e. The van der Waals surface area contributed by atoms with Crippen molar-refractivity contribution in [2.75, 3.05) is 16.8 Å². The zero-order valence-electron chi connectivity index (χ0n) is 33.2. The third-order valence-corrected chi connectivity index (χ3v) is 8.55. The van der Waals surface area contributed by atoms with Gasteiger partial charge in [-0.1, -0.05) is 43.0 Å². The summed E-state index contributed by atoms with van der Waals surface area (Å²) in [6.07, 6.45) is 12.4. The van der Waals surface area contributed by atoms with E-state index in [9.17, 15) is 14.4 Å². The maximum atomic E-state index is 11.3. The van der Waals surface area contributed by atoms with Crippen molar-refractivity contribution in [2.45, 2.75) is 0 Å². The van der Waals surface area contributed by atoms with Crippen LogP contribution in [0, 0.1) is 0 Å². The Balaban J connectivity index is 0.000000157. The van der Waals surface area contributed by atoms with Gasteiger partial charge < -0.3 is 46.9 Å². The van der Waals surface area contributed by atoms with Crippen molar-refractivity contribution >= 4 is 92.3 Å². The summed E-state index contributed by atoms with van der Waals surface area (Å²) in [5, 5.41) is 31.7. The van der Waals surface area contributed by atoms with E-state index in [1.54, 1.807) is 55.0 Å². The number of fused-ring (bicyclic) bond motifs is 3. The minimum absolute atomic E-state index is 0.283. The number of nitrogens with zero attached hydrogens (tertiary/aromatic N) is 5. The molecule has 316 valence electrons. The molecule has 0 unspecified atom stereocenters. The van der Waals surface area contributed by atoms with Gasteiger partial charge in [0.05, 0.1) is 11.4 Å². The Labute approximate surface area is 364 Å². The van der Waals surface area contributed by atoms with Crippen molar-refractivity contribution in [1.82, 2.24) is 39.9 Å². The van der Waals surface area contributed by atoms with E-state index in [0.717, 1.165) is 61.7 Å². The lowest BCUT2D eigenvalue weighted by Crippen LogP contribution is -2.29. The number of carboxylic acid groups (broad SMARTS) is 1. The Morgan fingerprint density at radius 2 is 1.19 bits per heavy atom. The van der Waals surface area contributed by atoms with Crippen molar-refractivity contribution < 1.29 is 29.5 Å². The number of rotatable bonds is 7. The molecular weight excluding hydrogens is 825 g/mol. The van der Waals surface area contributed by atoms with E-state index >= 15 is 0 Å². The number of aliphatic carboxylic acids is 1. The first kappa shape index (κ1) is 45.6. The van der Waals surface area contributed by atoms with E-state index in [2.05, 4.69) is 58.3 Å². The number of nitrogen functional groups attached to an aromatic ring is 2. The normalized spacial score (nSPS) is 10.0. The van der Waals surface area contributed by atoms with Crippen molar-refractivity contribution in [1.29, 1.82) is 0 Å². The number of carbonyl (C=O) groups excluding carboxylic acids is 2. The predicted molar refractivity (Wildman–Crippen MR) is 247 cm³/mol. The molecule has 0 fully saturated rings. The minimum atomic E-state index is -1.46. The van der Waals surface area contributed by atoms with Gasteiger partial charge in [-0.05, 0) is 91.0 Å². The lowest BCUT2D eigenvalue weighted by molar-refractivity contribution is -0.146. The zero-order valence-corrected chi connectivity index (χ0v) is 33.9. The number of aromatic nitrogens is 8. The van der Waals surface area contributed by atoms with Crippen LogP contribution in [-0.4, -0.2) is 79.8 Å². The highest BCUT2D eigenvalue weighted by Crippen LogP contribution is 2.23. The summed E-state index contributed by atoms with van der Waals surface area (Å²) in [6.45, 7) is 6.36. The van der Waals surface area contributed by atoms with Gasteiger partial charge in [0.15, 0.2) is 0 Å². The van der Waals surface area contributed by atoms with Crippen LogP contribution in [0.3, 0.4) is 0 Å². The number of anilines is 3. The van der Waals surface area contributed by atoms with Crippen LogP contribution in [0.1, 0.15) is 0 Å². The number of nitrogens with two attached hydrogens (primary N) is 2. The summed E-state index contributed by atoms with van der Waals surface area (Å²) in [6, 6.07) is 29.6. The number of nitrogens with one attached hydrogen (secondary N) is 4. The summed E-state index contributed by atoms with van der Waals surface area (Å²) in [7, 11) is -1.45. The van der Waals surface area contributed by atoms with Crippen LogP contribution in [0.4, 0.5) is 17.3 Å². The van der Waals surface area contributed by atoms with Gasteiger partial charge in [-0.15, -0.1) is 0 Å². The molecule has 11 N–H and O–H groups in total. The molecular formula is C44H39BClN11O6. The zero-order chi connectivity index (χ0) is 45.3. The fourth-order valence-electron chi connectivity index (χ4n) is 5.31. The van der Waals surface area contributed by atoms with Crippen LogP contribution in [0.15, 0.2) is 160 Å². The van der Waals surface area contributed by atoms with E-state index < -0.39 is 18.9 Å². The highest BCUT2D eigenvalue weighted by molar-refractivity contribution is 6.58. The van der Waals surface area contributed by atoms with Gasteiger partial charge in [-0.2, -0.15) is 0 Å². The average molecular weight is 864 g/mol. The molecule has 0 saturated heterocycles. The fourth-order valence-corrected chi connectivity index (χ4v) is 5.51. The van der Waals surface area contributed by atoms with E-state index in [-0.39, 0.29) is 5.91 Å². The van der Waals surface area contributed by atoms with Crippen LogP contribution < -0.4 is 22.2 Å². The Morgan fingerprint density at radius 3 is 1.65 bits per heavy atom. The molecule has 0 aliphatic carbocycles. The predicted octanol–water partition coefficient (Wildman–Crippen LogP) is 5.95. The fraction of sp³-hybridized carbons (Fsp3) is 0. The van der Waals surface area contributed by atoms with Crippen LogP contribution in [0.5, 0.6) is 0 Å². The topological polar surface area (TPSA) is 288 Å². The second kappa shape index (κ2) is 22.2. The molecule has 0 atom stereocenters. The third kappa shape index (κ3) is 13.5. The molecule has 19 heteroatoms. The SMILES string of the molecule is C=CC(=O)C(=O)O.C=CC(=O)Nc1cccc(-c2cnc3[nH]ccc3c2)n1.Nc1cccc(-c2cnc3[nH]ccc3c2)n1.Nc1cccc(Cl)c1.OB(O)c1cnc2[nH]ccc2c1. The molecule has 0 radical (unpaired) electrons. The minimum Gasteiger partial charge on any atom is -0.475 e. The molecule has 8 aromatic heterocycles. The Morgan fingerprint density at radius 1 is 0.667 bits per heavy atom. The summed E-state index contributed by atoms with van der Waals surface area (Å²) < 4.78 is 0. The van der Waals surface area contributed by atoms with Crippen LogP contribution in [0.25, 0.3) is 55.6 Å². The van der Waals surface area contributed by atoms with Crippen molar-refractivity contribution in [3.8, 4) is 22.5 Å². The van der Waals surface area contributed by atoms with Gasteiger partial charge in [0.1, 0.15) is 28.6 Å². The molecule has 0 aliphatic rings. The van der Waals surface area contributed by atoms with E-state index in [0.29, 0.717) is 27.8 Å². The largest absolute Gasteiger partial charge is 0.490 e. The number of H-pyrrole nitrogens is 3. The number of hydrogen-bond donors (Lipinski definition) is 9. The van der Waals surface area contributed by atoms with Crippen LogP contribution in [-0.2, 0) is 14.4 Å². The third-order valence-electron chi connectivity index (χ3n) is 8.31. The number of carboxylic acids is 1. The number of benzene rings is 1. The molecule has 0 saturated carbocycles. The number of amides is 1. The molecule has 9 rings (SSSR count). The van der Waals surface area contributed by atoms with Gasteiger partial charge in [0.25, 0.3) is 5.78 Å². The number of ketones is 1.